The Labute approximate surface area is 201 Å². The number of nitrogens with one attached hydrogen (secondary N) is 1. The zero-order valence-corrected chi connectivity index (χ0v) is 19.1. The van der Waals surface area contributed by atoms with Crippen molar-refractivity contribution >= 4 is 39.9 Å². The van der Waals surface area contributed by atoms with Gasteiger partial charge in [0.05, 0.1) is 18.5 Å². The van der Waals surface area contributed by atoms with Crippen LogP contribution in [0.3, 0.4) is 0 Å². The van der Waals surface area contributed by atoms with Crippen molar-refractivity contribution in [2.24, 2.45) is 0 Å². The van der Waals surface area contributed by atoms with Gasteiger partial charge in [-0.3, -0.25) is 0 Å². The number of hydrogen-bond donors (Lipinski definition) is 1. The highest BCUT2D eigenvalue weighted by molar-refractivity contribution is 7.80. The van der Waals surface area contributed by atoms with Crippen molar-refractivity contribution in [3.8, 4) is 11.8 Å². The number of benzene rings is 3. The topological polar surface area (TPSA) is 52.0 Å². The summed E-state index contributed by atoms with van der Waals surface area (Å²) in [7, 11) is 0. The Morgan fingerprint density at radius 1 is 1.15 bits per heavy atom. The molecule has 33 heavy (non-hydrogen) atoms. The number of nitrogens with zero attached hydrogens (tertiary/aromatic N) is 2. The molecule has 2 heterocycles. The molecule has 1 unspecified atom stereocenters. The lowest BCUT2D eigenvalue weighted by molar-refractivity contribution is 0.289. The molecule has 0 spiro atoms. The first-order valence-electron chi connectivity index (χ1n) is 10.5. The number of fused-ring (bicyclic) bond motifs is 3. The van der Waals surface area contributed by atoms with Crippen LogP contribution in [0.4, 0.5) is 4.39 Å². The third-order valence-electron chi connectivity index (χ3n) is 5.92. The van der Waals surface area contributed by atoms with E-state index in [-0.39, 0.29) is 11.9 Å². The Hall–Kier alpha value is -3.40. The van der Waals surface area contributed by atoms with Crippen LogP contribution in [0, 0.1) is 17.1 Å². The molecule has 0 saturated heterocycles. The normalized spacial score (nSPS) is 15.2. The van der Waals surface area contributed by atoms with Crippen molar-refractivity contribution in [2.45, 2.75) is 18.9 Å². The Kier molecular flexibility index (Phi) is 5.76. The van der Waals surface area contributed by atoms with Gasteiger partial charge in [-0.05, 0) is 77.8 Å². The van der Waals surface area contributed by atoms with Crippen LogP contribution in [0.15, 0.2) is 66.7 Å². The van der Waals surface area contributed by atoms with Crippen molar-refractivity contribution in [3.63, 3.8) is 0 Å². The number of rotatable bonds is 3. The zero-order valence-electron chi connectivity index (χ0n) is 17.5. The Bertz CT molecular complexity index is 1380. The van der Waals surface area contributed by atoms with Crippen LogP contribution in [-0.2, 0) is 12.8 Å². The van der Waals surface area contributed by atoms with Crippen LogP contribution in [0.5, 0.6) is 5.75 Å². The number of halogens is 2. The van der Waals surface area contributed by atoms with Gasteiger partial charge in [-0.25, -0.2) is 4.39 Å². The van der Waals surface area contributed by atoms with Gasteiger partial charge in [-0.1, -0.05) is 35.9 Å². The molecular formula is C26H19ClFN3OS. The Morgan fingerprint density at radius 2 is 1.91 bits per heavy atom. The minimum Gasteiger partial charge on any atom is -0.432 e. The summed E-state index contributed by atoms with van der Waals surface area (Å²) in [4.78, 5) is 5.61. The molecule has 4 aromatic rings. The summed E-state index contributed by atoms with van der Waals surface area (Å²) in [6.07, 6.45) is 1.13. The van der Waals surface area contributed by atoms with E-state index < -0.39 is 0 Å². The average Bonchev–Trinajstić information content (AvgIpc) is 3.18. The molecule has 1 atom stereocenters. The first-order valence-corrected chi connectivity index (χ1v) is 11.3. The van der Waals surface area contributed by atoms with Crippen LogP contribution in [0.1, 0.15) is 28.4 Å². The van der Waals surface area contributed by atoms with Gasteiger partial charge in [0.2, 0.25) is 0 Å². The molecule has 0 fully saturated rings. The summed E-state index contributed by atoms with van der Waals surface area (Å²) in [6, 6.07) is 21.6. The molecule has 4 nitrogen and oxygen atoms in total. The van der Waals surface area contributed by atoms with Crippen molar-refractivity contribution in [2.75, 3.05) is 6.54 Å². The van der Waals surface area contributed by atoms with Crippen LogP contribution in [-0.4, -0.2) is 21.6 Å². The van der Waals surface area contributed by atoms with Crippen LogP contribution >= 0.6 is 23.8 Å². The highest BCUT2D eigenvalue weighted by Gasteiger charge is 2.34. The molecule has 0 amide bonds. The number of hydrogen-bond acceptors (Lipinski definition) is 3. The number of H-pyrrole nitrogens is 1. The summed E-state index contributed by atoms with van der Waals surface area (Å²) in [6.45, 7) is 0.650. The van der Waals surface area contributed by atoms with Gasteiger partial charge >= 0.3 is 0 Å². The van der Waals surface area contributed by atoms with Crippen molar-refractivity contribution in [3.05, 3.63) is 100.0 Å². The van der Waals surface area contributed by atoms with E-state index in [1.165, 1.54) is 17.7 Å². The van der Waals surface area contributed by atoms with Crippen molar-refractivity contribution < 1.29 is 9.13 Å². The van der Waals surface area contributed by atoms with Gasteiger partial charge in [0.15, 0.2) is 0 Å². The lowest BCUT2D eigenvalue weighted by Crippen LogP contribution is -2.42. The minimum absolute atomic E-state index is 0.205. The second-order valence-corrected chi connectivity index (χ2v) is 8.74. The van der Waals surface area contributed by atoms with Gasteiger partial charge in [-0.15, -0.1) is 0 Å². The predicted octanol–water partition coefficient (Wildman–Crippen LogP) is 6.34. The maximum absolute atomic E-state index is 13.3. The quantitative estimate of drug-likeness (QED) is 0.351. The van der Waals surface area contributed by atoms with E-state index in [9.17, 15) is 4.39 Å². The zero-order chi connectivity index (χ0) is 22.9. The fourth-order valence-corrected chi connectivity index (χ4v) is 4.84. The molecule has 1 N–H and O–H groups in total. The van der Waals surface area contributed by atoms with Crippen molar-refractivity contribution in [1.82, 2.24) is 9.88 Å². The Balaban J connectivity index is 1.56. The summed E-state index contributed by atoms with van der Waals surface area (Å²) in [5.74, 6) is 0.154. The third kappa shape index (κ3) is 4.18. The summed E-state index contributed by atoms with van der Waals surface area (Å²) < 4.78 is 19.3. The van der Waals surface area contributed by atoms with E-state index in [0.29, 0.717) is 28.9 Å². The van der Waals surface area contributed by atoms with Gasteiger partial charge in [0.25, 0.3) is 5.17 Å². The van der Waals surface area contributed by atoms with Gasteiger partial charge < -0.3 is 14.6 Å². The Morgan fingerprint density at radius 3 is 2.64 bits per heavy atom. The molecule has 1 aromatic heterocycles. The monoisotopic (exact) mass is 475 g/mol. The largest absolute Gasteiger partial charge is 0.432 e. The number of aromatic amines is 1. The molecule has 5 rings (SSSR count). The number of thiocarbonyl (C=S) groups is 1. The van der Waals surface area contributed by atoms with E-state index in [0.717, 1.165) is 34.1 Å². The summed E-state index contributed by atoms with van der Waals surface area (Å²) >= 11 is 12.0. The maximum Gasteiger partial charge on any atom is 0.265 e. The molecular weight excluding hydrogens is 457 g/mol. The summed E-state index contributed by atoms with van der Waals surface area (Å²) in [5.41, 5.74) is 5.25. The fourth-order valence-electron chi connectivity index (χ4n) is 4.38. The standard InChI is InChI=1S/C26H19ClFN3OS/c27-18-5-10-23-22(15-18)21-12-14-31(26(33)32-20-8-6-19(28)7-9-20)25(24(21)30-23)17-3-1-16(2-4-17)11-13-29/h1-10,15,25,30H,11-12,14H2. The first kappa shape index (κ1) is 21.4. The molecule has 1 aliphatic rings. The highest BCUT2D eigenvalue weighted by atomic mass is 35.5. The third-order valence-corrected chi connectivity index (χ3v) is 6.47. The average molecular weight is 476 g/mol. The SMILES string of the molecule is N#CCc1ccc(C2c3[nH]c4ccc(Cl)cc4c3CCN2C(=S)Oc2ccc(F)cc2)cc1. The summed E-state index contributed by atoms with van der Waals surface area (Å²) in [5, 5.41) is 11.1. The first-order chi connectivity index (χ1) is 16.0. The van der Waals surface area contributed by atoms with Gasteiger partial charge in [0, 0.05) is 28.2 Å². The molecule has 3 aromatic carbocycles. The number of ether oxygens (including phenoxy) is 1. The molecule has 0 aliphatic carbocycles. The van der Waals surface area contributed by atoms with E-state index in [1.54, 1.807) is 12.1 Å². The van der Waals surface area contributed by atoms with E-state index in [2.05, 4.69) is 11.1 Å². The van der Waals surface area contributed by atoms with E-state index in [1.807, 2.05) is 47.4 Å². The van der Waals surface area contributed by atoms with Crippen LogP contribution in [0.2, 0.25) is 5.02 Å². The predicted molar refractivity (Wildman–Crippen MR) is 131 cm³/mol. The number of aromatic nitrogens is 1. The van der Waals surface area contributed by atoms with Gasteiger partial charge in [-0.2, -0.15) is 5.26 Å². The van der Waals surface area contributed by atoms with E-state index in [4.69, 9.17) is 33.8 Å². The molecule has 0 radical (unpaired) electrons. The second-order valence-electron chi connectivity index (χ2n) is 7.95. The lowest BCUT2D eigenvalue weighted by atomic mass is 9.92. The molecule has 0 saturated carbocycles. The van der Waals surface area contributed by atoms with Crippen LogP contribution in [0.25, 0.3) is 10.9 Å². The fraction of sp³-hybridized carbons (Fsp3) is 0.154. The maximum atomic E-state index is 13.3. The number of nitriles is 1. The van der Waals surface area contributed by atoms with Crippen molar-refractivity contribution in [1.29, 1.82) is 5.26 Å². The molecule has 0 bridgehead atoms. The minimum atomic E-state index is -0.331. The van der Waals surface area contributed by atoms with Crippen LogP contribution < -0.4 is 4.74 Å². The van der Waals surface area contributed by atoms with E-state index >= 15 is 0 Å². The molecule has 1 aliphatic heterocycles. The highest BCUT2D eigenvalue weighted by Crippen LogP contribution is 2.39. The lowest BCUT2D eigenvalue weighted by Gasteiger charge is -2.37. The molecule has 164 valence electrons. The van der Waals surface area contributed by atoms with Gasteiger partial charge in [0.1, 0.15) is 11.6 Å². The molecule has 7 heteroatoms. The smallest absolute Gasteiger partial charge is 0.265 e. The second kappa shape index (κ2) is 8.86.